The first kappa shape index (κ1) is 21.4. The summed E-state index contributed by atoms with van der Waals surface area (Å²) < 4.78 is 13.1. The van der Waals surface area contributed by atoms with E-state index in [-0.39, 0.29) is 5.82 Å². The highest BCUT2D eigenvalue weighted by Gasteiger charge is 2.06. The van der Waals surface area contributed by atoms with E-state index >= 15 is 0 Å². The molecule has 0 aliphatic heterocycles. The molecule has 0 unspecified atom stereocenters. The minimum atomic E-state index is -0.116. The van der Waals surface area contributed by atoms with Gasteiger partial charge in [0.15, 0.2) is 0 Å². The molecule has 0 saturated heterocycles. The van der Waals surface area contributed by atoms with Crippen LogP contribution in [0, 0.1) is 5.82 Å². The summed E-state index contributed by atoms with van der Waals surface area (Å²) in [5, 5.41) is 0. The SMILES string of the molecule is CC(C)c1cc(F)cc(C(C)C)c1.CC(C)c1ccc(C(C)C)cc1. The summed E-state index contributed by atoms with van der Waals surface area (Å²) in [7, 11) is 0. The van der Waals surface area contributed by atoms with Crippen molar-refractivity contribution in [3.63, 3.8) is 0 Å². The molecule has 0 fully saturated rings. The highest BCUT2D eigenvalue weighted by atomic mass is 19.1. The second kappa shape index (κ2) is 9.75. The monoisotopic (exact) mass is 342 g/mol. The fourth-order valence-electron chi connectivity index (χ4n) is 2.57. The summed E-state index contributed by atoms with van der Waals surface area (Å²) in [6, 6.07) is 14.3. The lowest BCUT2D eigenvalue weighted by Gasteiger charge is -2.11. The van der Waals surface area contributed by atoms with Crippen molar-refractivity contribution in [1.82, 2.24) is 0 Å². The van der Waals surface area contributed by atoms with Gasteiger partial charge in [0, 0.05) is 0 Å². The Labute approximate surface area is 154 Å². The first-order valence-electron chi connectivity index (χ1n) is 9.52. The quantitative estimate of drug-likeness (QED) is 0.528. The van der Waals surface area contributed by atoms with Gasteiger partial charge in [-0.25, -0.2) is 4.39 Å². The number of halogens is 1. The molecule has 0 nitrogen and oxygen atoms in total. The molecule has 0 aromatic heterocycles. The summed E-state index contributed by atoms with van der Waals surface area (Å²) in [5.74, 6) is 1.97. The second-order valence-corrected chi connectivity index (χ2v) is 8.10. The fraction of sp³-hybridized carbons (Fsp3) is 0.500. The van der Waals surface area contributed by atoms with Crippen molar-refractivity contribution in [2.24, 2.45) is 0 Å². The van der Waals surface area contributed by atoms with Crippen LogP contribution in [0.25, 0.3) is 0 Å². The van der Waals surface area contributed by atoms with Crippen molar-refractivity contribution in [2.45, 2.75) is 79.1 Å². The molecule has 1 heteroatoms. The van der Waals surface area contributed by atoms with Crippen LogP contribution in [0.2, 0.25) is 0 Å². The molecule has 0 radical (unpaired) electrons. The average Bonchev–Trinajstić information content (AvgIpc) is 2.54. The summed E-state index contributed by atoms with van der Waals surface area (Å²) in [6.45, 7) is 17.2. The molecule has 25 heavy (non-hydrogen) atoms. The van der Waals surface area contributed by atoms with E-state index in [1.165, 1.54) is 11.1 Å². The topological polar surface area (TPSA) is 0 Å². The maximum absolute atomic E-state index is 13.1. The van der Waals surface area contributed by atoms with Gasteiger partial charge in [0.25, 0.3) is 0 Å². The van der Waals surface area contributed by atoms with Crippen LogP contribution in [0.3, 0.4) is 0 Å². The van der Waals surface area contributed by atoms with E-state index in [9.17, 15) is 4.39 Å². The third kappa shape index (κ3) is 7.02. The van der Waals surface area contributed by atoms with Crippen molar-refractivity contribution in [3.05, 3.63) is 70.5 Å². The largest absolute Gasteiger partial charge is 0.207 e. The van der Waals surface area contributed by atoms with Gasteiger partial charge in [-0.3, -0.25) is 0 Å². The van der Waals surface area contributed by atoms with Gasteiger partial charge < -0.3 is 0 Å². The van der Waals surface area contributed by atoms with E-state index in [1.807, 2.05) is 0 Å². The third-order valence-electron chi connectivity index (χ3n) is 4.55. The molecular formula is C24H35F. The summed E-state index contributed by atoms with van der Waals surface area (Å²) in [5.41, 5.74) is 5.03. The van der Waals surface area contributed by atoms with Crippen LogP contribution in [0.5, 0.6) is 0 Å². The van der Waals surface area contributed by atoms with Gasteiger partial charge >= 0.3 is 0 Å². The van der Waals surface area contributed by atoms with Gasteiger partial charge in [0.2, 0.25) is 0 Å². The first-order chi connectivity index (χ1) is 11.6. The lowest BCUT2D eigenvalue weighted by Crippen LogP contribution is -1.94. The summed E-state index contributed by atoms with van der Waals surface area (Å²) in [4.78, 5) is 0. The predicted molar refractivity (Wildman–Crippen MR) is 109 cm³/mol. The molecule has 2 aromatic rings. The normalized spacial score (nSPS) is 11.2. The molecule has 0 aliphatic carbocycles. The molecule has 0 spiro atoms. The van der Waals surface area contributed by atoms with Crippen LogP contribution in [0.1, 0.15) is 101 Å². The molecule has 0 saturated carbocycles. The van der Waals surface area contributed by atoms with Gasteiger partial charge in [-0.05, 0) is 58.1 Å². The lowest BCUT2D eigenvalue weighted by atomic mass is 9.96. The van der Waals surface area contributed by atoms with E-state index in [0.29, 0.717) is 23.7 Å². The molecule has 2 rings (SSSR count). The molecule has 0 aliphatic rings. The van der Waals surface area contributed by atoms with E-state index < -0.39 is 0 Å². The van der Waals surface area contributed by atoms with Crippen LogP contribution in [0.4, 0.5) is 4.39 Å². The second-order valence-electron chi connectivity index (χ2n) is 8.10. The van der Waals surface area contributed by atoms with Crippen molar-refractivity contribution in [2.75, 3.05) is 0 Å². The summed E-state index contributed by atoms with van der Waals surface area (Å²) in [6.07, 6.45) is 0. The first-order valence-corrected chi connectivity index (χ1v) is 9.52. The standard InChI is InChI=1S/C12H17F.C12H18/c1-8(2)10-5-11(9(3)4)7-12(13)6-10;1-9(2)11-5-7-12(8-6-11)10(3)4/h5-9H,1-4H3;5-10H,1-4H3. The summed E-state index contributed by atoms with van der Waals surface area (Å²) >= 11 is 0. The van der Waals surface area contributed by atoms with E-state index in [2.05, 4.69) is 85.7 Å². The highest BCUT2D eigenvalue weighted by Crippen LogP contribution is 2.22. The fourth-order valence-corrected chi connectivity index (χ4v) is 2.57. The van der Waals surface area contributed by atoms with E-state index in [1.54, 1.807) is 12.1 Å². The molecule has 138 valence electrons. The molecule has 0 atom stereocenters. The minimum Gasteiger partial charge on any atom is -0.207 e. The zero-order chi connectivity index (χ0) is 19.1. The van der Waals surface area contributed by atoms with Crippen LogP contribution in [0.15, 0.2) is 42.5 Å². The zero-order valence-corrected chi connectivity index (χ0v) is 17.2. The number of hydrogen-bond donors (Lipinski definition) is 0. The van der Waals surface area contributed by atoms with Gasteiger partial charge in [-0.1, -0.05) is 85.7 Å². The molecule has 2 aromatic carbocycles. The Bertz CT molecular complexity index is 580. The lowest BCUT2D eigenvalue weighted by molar-refractivity contribution is 0.618. The molecular weight excluding hydrogens is 307 g/mol. The Kier molecular flexibility index (Phi) is 8.35. The van der Waals surface area contributed by atoms with Crippen LogP contribution in [-0.4, -0.2) is 0 Å². The van der Waals surface area contributed by atoms with Crippen molar-refractivity contribution in [1.29, 1.82) is 0 Å². The van der Waals surface area contributed by atoms with Crippen molar-refractivity contribution >= 4 is 0 Å². The zero-order valence-electron chi connectivity index (χ0n) is 17.2. The van der Waals surface area contributed by atoms with Crippen molar-refractivity contribution in [3.8, 4) is 0 Å². The van der Waals surface area contributed by atoms with E-state index in [0.717, 1.165) is 11.1 Å². The van der Waals surface area contributed by atoms with E-state index in [4.69, 9.17) is 0 Å². The smallest absolute Gasteiger partial charge is 0.123 e. The average molecular weight is 343 g/mol. The van der Waals surface area contributed by atoms with Gasteiger partial charge in [-0.15, -0.1) is 0 Å². The Balaban J connectivity index is 0.000000251. The number of benzene rings is 2. The number of rotatable bonds is 4. The molecule has 0 amide bonds. The maximum Gasteiger partial charge on any atom is 0.123 e. The van der Waals surface area contributed by atoms with Crippen LogP contribution < -0.4 is 0 Å². The maximum atomic E-state index is 13.1. The Hall–Kier alpha value is -1.63. The Morgan fingerprint density at radius 2 is 0.760 bits per heavy atom. The van der Waals surface area contributed by atoms with Crippen molar-refractivity contribution < 1.29 is 4.39 Å². The van der Waals surface area contributed by atoms with Crippen LogP contribution >= 0.6 is 0 Å². The molecule has 0 N–H and O–H groups in total. The minimum absolute atomic E-state index is 0.116. The molecule has 0 bridgehead atoms. The van der Waals surface area contributed by atoms with Crippen LogP contribution in [-0.2, 0) is 0 Å². The van der Waals surface area contributed by atoms with Gasteiger partial charge in [-0.2, -0.15) is 0 Å². The van der Waals surface area contributed by atoms with Gasteiger partial charge in [0.1, 0.15) is 5.82 Å². The van der Waals surface area contributed by atoms with Gasteiger partial charge in [0.05, 0.1) is 0 Å². The molecule has 0 heterocycles. The highest BCUT2D eigenvalue weighted by molar-refractivity contribution is 5.29. The number of hydrogen-bond acceptors (Lipinski definition) is 0. The third-order valence-corrected chi connectivity index (χ3v) is 4.55. The Morgan fingerprint density at radius 3 is 1.00 bits per heavy atom. The Morgan fingerprint density at radius 1 is 0.480 bits per heavy atom. The predicted octanol–water partition coefficient (Wildman–Crippen LogP) is 8.01.